The van der Waals surface area contributed by atoms with E-state index in [2.05, 4.69) is 18.5 Å². The molecular formula is C11H21NO. The molecule has 0 atom stereocenters. The molecule has 0 aromatic heterocycles. The molecule has 0 aliphatic heterocycles. The maximum Gasteiger partial charge on any atom is 0.0587 e. The van der Waals surface area contributed by atoms with Crippen LogP contribution in [0.15, 0.2) is 37.0 Å². The standard InChI is InChI=1S/C7H10.C4H11NO/c1-4-6-7(3)5-2;1-5-3-4-6-2/h4-6H,1-2H2,3H3;5H,3-4H2,1-2H3/b7-6-;. The molecule has 0 unspecified atom stereocenters. The third-order valence-electron chi connectivity index (χ3n) is 1.26. The molecule has 0 amide bonds. The van der Waals surface area contributed by atoms with Crippen molar-refractivity contribution in [2.24, 2.45) is 0 Å². The Bertz CT molecular complexity index is 146. The fourth-order valence-corrected chi connectivity index (χ4v) is 0.458. The van der Waals surface area contributed by atoms with E-state index < -0.39 is 0 Å². The van der Waals surface area contributed by atoms with Crippen LogP contribution in [0.3, 0.4) is 0 Å². The highest BCUT2D eigenvalue weighted by atomic mass is 16.5. The van der Waals surface area contributed by atoms with Gasteiger partial charge in [-0.05, 0) is 14.0 Å². The van der Waals surface area contributed by atoms with Gasteiger partial charge in [0.2, 0.25) is 0 Å². The van der Waals surface area contributed by atoms with Crippen LogP contribution in [0.5, 0.6) is 0 Å². The van der Waals surface area contributed by atoms with E-state index in [1.807, 2.05) is 20.0 Å². The molecule has 0 radical (unpaired) electrons. The highest BCUT2D eigenvalue weighted by Crippen LogP contribution is 1.90. The van der Waals surface area contributed by atoms with Crippen molar-refractivity contribution in [2.75, 3.05) is 27.3 Å². The van der Waals surface area contributed by atoms with E-state index in [4.69, 9.17) is 4.74 Å². The summed E-state index contributed by atoms with van der Waals surface area (Å²) < 4.78 is 4.72. The zero-order chi connectivity index (χ0) is 10.5. The normalized spacial score (nSPS) is 9.92. The van der Waals surface area contributed by atoms with Crippen LogP contribution in [-0.2, 0) is 4.74 Å². The average molecular weight is 183 g/mol. The van der Waals surface area contributed by atoms with Crippen molar-refractivity contribution in [2.45, 2.75) is 6.92 Å². The van der Waals surface area contributed by atoms with E-state index in [-0.39, 0.29) is 0 Å². The van der Waals surface area contributed by atoms with Gasteiger partial charge in [-0.2, -0.15) is 0 Å². The van der Waals surface area contributed by atoms with Crippen LogP contribution >= 0.6 is 0 Å². The van der Waals surface area contributed by atoms with Crippen molar-refractivity contribution >= 4 is 0 Å². The smallest absolute Gasteiger partial charge is 0.0587 e. The van der Waals surface area contributed by atoms with Crippen molar-refractivity contribution < 1.29 is 4.74 Å². The summed E-state index contributed by atoms with van der Waals surface area (Å²) in [6, 6.07) is 0. The fourth-order valence-electron chi connectivity index (χ4n) is 0.458. The fraction of sp³-hybridized carbons (Fsp3) is 0.455. The molecule has 0 aliphatic rings. The summed E-state index contributed by atoms with van der Waals surface area (Å²) in [4.78, 5) is 0. The Morgan fingerprint density at radius 1 is 1.46 bits per heavy atom. The summed E-state index contributed by atoms with van der Waals surface area (Å²) in [5, 5.41) is 2.94. The summed E-state index contributed by atoms with van der Waals surface area (Å²) in [5.74, 6) is 0. The van der Waals surface area contributed by atoms with Crippen molar-refractivity contribution in [3.8, 4) is 0 Å². The van der Waals surface area contributed by atoms with Crippen LogP contribution in [0.1, 0.15) is 6.92 Å². The van der Waals surface area contributed by atoms with Gasteiger partial charge in [-0.3, -0.25) is 0 Å². The Morgan fingerprint density at radius 2 is 2.08 bits per heavy atom. The maximum absolute atomic E-state index is 4.72. The molecular weight excluding hydrogens is 162 g/mol. The number of hydrogen-bond acceptors (Lipinski definition) is 2. The third-order valence-corrected chi connectivity index (χ3v) is 1.26. The van der Waals surface area contributed by atoms with Crippen molar-refractivity contribution in [3.63, 3.8) is 0 Å². The quantitative estimate of drug-likeness (QED) is 0.521. The van der Waals surface area contributed by atoms with Gasteiger partial charge < -0.3 is 10.1 Å². The van der Waals surface area contributed by atoms with E-state index in [0.717, 1.165) is 18.7 Å². The molecule has 0 spiro atoms. The maximum atomic E-state index is 4.72. The Balaban J connectivity index is 0. The van der Waals surface area contributed by atoms with Gasteiger partial charge in [0, 0.05) is 13.7 Å². The predicted octanol–water partition coefficient (Wildman–Crippen LogP) is 2.16. The van der Waals surface area contributed by atoms with Gasteiger partial charge >= 0.3 is 0 Å². The Kier molecular flexibility index (Phi) is 15.5. The molecule has 0 heterocycles. The second-order valence-electron chi connectivity index (χ2n) is 2.45. The monoisotopic (exact) mass is 183 g/mol. The molecule has 1 N–H and O–H groups in total. The highest BCUT2D eigenvalue weighted by Gasteiger charge is 1.72. The van der Waals surface area contributed by atoms with E-state index in [0.29, 0.717) is 0 Å². The zero-order valence-corrected chi connectivity index (χ0v) is 8.97. The molecule has 0 saturated carbocycles. The van der Waals surface area contributed by atoms with Gasteiger partial charge in [-0.15, -0.1) is 0 Å². The van der Waals surface area contributed by atoms with Gasteiger partial charge in [0.25, 0.3) is 0 Å². The van der Waals surface area contributed by atoms with Gasteiger partial charge in [0.1, 0.15) is 0 Å². The number of ether oxygens (including phenoxy) is 1. The molecule has 0 bridgehead atoms. The zero-order valence-electron chi connectivity index (χ0n) is 8.97. The molecule has 0 aliphatic carbocycles. The summed E-state index contributed by atoms with van der Waals surface area (Å²) in [6.45, 7) is 10.8. The molecule has 2 heteroatoms. The van der Waals surface area contributed by atoms with Gasteiger partial charge in [0.05, 0.1) is 6.61 Å². The van der Waals surface area contributed by atoms with Crippen molar-refractivity contribution in [1.29, 1.82) is 0 Å². The molecule has 0 fully saturated rings. The summed E-state index contributed by atoms with van der Waals surface area (Å²) in [5.41, 5.74) is 1.15. The number of rotatable bonds is 5. The number of allylic oxidation sites excluding steroid dienone is 4. The number of hydrogen-bond donors (Lipinski definition) is 1. The Hall–Kier alpha value is -0.860. The third kappa shape index (κ3) is 18.3. The van der Waals surface area contributed by atoms with E-state index in [1.54, 1.807) is 19.3 Å². The largest absolute Gasteiger partial charge is 0.383 e. The van der Waals surface area contributed by atoms with Gasteiger partial charge in [-0.1, -0.05) is 37.0 Å². The minimum Gasteiger partial charge on any atom is -0.383 e. The van der Waals surface area contributed by atoms with Crippen LogP contribution in [0.25, 0.3) is 0 Å². The van der Waals surface area contributed by atoms with Gasteiger partial charge in [-0.25, -0.2) is 0 Å². The Morgan fingerprint density at radius 3 is 2.23 bits per heavy atom. The lowest BCUT2D eigenvalue weighted by molar-refractivity contribution is 0.201. The first kappa shape index (κ1) is 14.7. The summed E-state index contributed by atoms with van der Waals surface area (Å²) >= 11 is 0. The first-order chi connectivity index (χ1) is 6.22. The predicted molar refractivity (Wildman–Crippen MR) is 60.0 cm³/mol. The molecule has 0 aromatic carbocycles. The number of nitrogens with one attached hydrogen (secondary N) is 1. The molecule has 0 rings (SSSR count). The lowest BCUT2D eigenvalue weighted by atomic mass is 10.3. The topological polar surface area (TPSA) is 21.3 Å². The molecule has 0 aromatic rings. The molecule has 2 nitrogen and oxygen atoms in total. The molecule has 13 heavy (non-hydrogen) atoms. The van der Waals surface area contributed by atoms with Crippen LogP contribution < -0.4 is 5.32 Å². The van der Waals surface area contributed by atoms with Gasteiger partial charge in [0.15, 0.2) is 0 Å². The second-order valence-corrected chi connectivity index (χ2v) is 2.45. The summed E-state index contributed by atoms with van der Waals surface area (Å²) in [6.07, 6.45) is 5.45. The lowest BCUT2D eigenvalue weighted by Gasteiger charge is -1.92. The summed E-state index contributed by atoms with van der Waals surface area (Å²) in [7, 11) is 3.59. The van der Waals surface area contributed by atoms with E-state index in [9.17, 15) is 0 Å². The van der Waals surface area contributed by atoms with E-state index in [1.165, 1.54) is 0 Å². The average Bonchev–Trinajstić information content (AvgIpc) is 2.16. The number of methoxy groups -OCH3 is 1. The lowest BCUT2D eigenvalue weighted by Crippen LogP contribution is -2.12. The van der Waals surface area contributed by atoms with Crippen molar-refractivity contribution in [3.05, 3.63) is 37.0 Å². The number of likely N-dealkylation sites (N-methyl/N-ethyl adjacent to an activating group) is 1. The van der Waals surface area contributed by atoms with Crippen molar-refractivity contribution in [1.82, 2.24) is 5.32 Å². The Labute approximate surface area is 82.0 Å². The second kappa shape index (κ2) is 13.7. The molecule has 0 saturated heterocycles. The van der Waals surface area contributed by atoms with E-state index >= 15 is 0 Å². The first-order valence-corrected chi connectivity index (χ1v) is 4.28. The van der Waals surface area contributed by atoms with Crippen LogP contribution in [0.4, 0.5) is 0 Å². The minimum absolute atomic E-state index is 0.802. The van der Waals surface area contributed by atoms with Crippen LogP contribution in [0.2, 0.25) is 0 Å². The highest BCUT2D eigenvalue weighted by molar-refractivity contribution is 5.17. The SMILES string of the molecule is C=C/C=C(/C)C=C.CNCCOC. The molecule has 76 valence electrons. The first-order valence-electron chi connectivity index (χ1n) is 4.28. The minimum atomic E-state index is 0.802. The van der Waals surface area contributed by atoms with Crippen LogP contribution in [-0.4, -0.2) is 27.3 Å². The van der Waals surface area contributed by atoms with Crippen LogP contribution in [0, 0.1) is 0 Å².